The molecule has 5 rings (SSSR count). The highest BCUT2D eigenvalue weighted by atomic mass is 35.5. The fourth-order valence-electron chi connectivity index (χ4n) is 3.81. The normalized spacial score (nSPS) is 14.0. The summed E-state index contributed by atoms with van der Waals surface area (Å²) in [5, 5.41) is 8.63. The van der Waals surface area contributed by atoms with E-state index in [-0.39, 0.29) is 0 Å². The van der Waals surface area contributed by atoms with E-state index in [2.05, 4.69) is 31.3 Å². The van der Waals surface area contributed by atoms with Crippen molar-refractivity contribution in [2.75, 3.05) is 36.5 Å². The van der Waals surface area contributed by atoms with E-state index in [4.69, 9.17) is 27.9 Å². The number of para-hydroxylation sites is 1. The number of rotatable bonds is 4. The number of ether oxygens (including phenoxy) is 1. The van der Waals surface area contributed by atoms with Crippen molar-refractivity contribution < 1.29 is 4.74 Å². The van der Waals surface area contributed by atoms with Crippen LogP contribution in [0.5, 0.6) is 0 Å². The van der Waals surface area contributed by atoms with E-state index in [9.17, 15) is 4.79 Å². The number of fused-ring (bicyclic) bond motifs is 1. The Hall–Kier alpha value is -3.20. The maximum Gasteiger partial charge on any atom is 0.282 e. The number of aryl methyl sites for hydroxylation is 1. The summed E-state index contributed by atoms with van der Waals surface area (Å²) in [7, 11) is 0. The van der Waals surface area contributed by atoms with Gasteiger partial charge in [0.05, 0.1) is 34.3 Å². The first-order chi connectivity index (χ1) is 16.0. The molecule has 0 amide bonds. The number of anilines is 3. The first-order valence-electron chi connectivity index (χ1n) is 10.4. The molecule has 1 fully saturated rings. The molecule has 0 unspecified atom stereocenters. The van der Waals surface area contributed by atoms with Gasteiger partial charge >= 0.3 is 0 Å². The second kappa shape index (κ2) is 8.97. The lowest BCUT2D eigenvalue weighted by Crippen LogP contribution is -2.36. The van der Waals surface area contributed by atoms with Gasteiger partial charge in [0.1, 0.15) is 11.2 Å². The molecule has 10 heteroatoms. The van der Waals surface area contributed by atoms with Crippen molar-refractivity contribution in [1.82, 2.24) is 19.7 Å². The van der Waals surface area contributed by atoms with E-state index in [0.29, 0.717) is 51.5 Å². The maximum atomic E-state index is 13.1. The van der Waals surface area contributed by atoms with Gasteiger partial charge in [-0.3, -0.25) is 4.79 Å². The average molecular weight is 483 g/mol. The molecule has 168 valence electrons. The molecule has 2 aromatic heterocycles. The third-order valence-electron chi connectivity index (χ3n) is 5.43. The summed E-state index contributed by atoms with van der Waals surface area (Å²) in [5.41, 5.74) is 2.89. The third-order valence-corrected chi connectivity index (χ3v) is 6.04. The molecule has 1 aliphatic heterocycles. The van der Waals surface area contributed by atoms with Crippen molar-refractivity contribution in [3.63, 3.8) is 0 Å². The Balaban J connectivity index is 1.50. The predicted molar refractivity (Wildman–Crippen MR) is 130 cm³/mol. The van der Waals surface area contributed by atoms with Crippen molar-refractivity contribution in [2.45, 2.75) is 6.92 Å². The van der Waals surface area contributed by atoms with Gasteiger partial charge in [-0.1, -0.05) is 35.3 Å². The van der Waals surface area contributed by atoms with Crippen molar-refractivity contribution in [2.24, 2.45) is 0 Å². The lowest BCUT2D eigenvalue weighted by Gasteiger charge is -2.29. The van der Waals surface area contributed by atoms with Gasteiger partial charge in [0, 0.05) is 30.7 Å². The molecule has 33 heavy (non-hydrogen) atoms. The van der Waals surface area contributed by atoms with E-state index in [1.807, 2.05) is 18.2 Å². The highest BCUT2D eigenvalue weighted by Gasteiger charge is 2.17. The quantitative estimate of drug-likeness (QED) is 0.462. The summed E-state index contributed by atoms with van der Waals surface area (Å²) < 4.78 is 6.63. The number of nitrogens with one attached hydrogen (secondary N) is 1. The molecule has 1 N–H and O–H groups in total. The molecule has 0 saturated carbocycles. The predicted octanol–water partition coefficient (Wildman–Crippen LogP) is 4.37. The first kappa shape index (κ1) is 21.6. The summed E-state index contributed by atoms with van der Waals surface area (Å²) in [5.74, 6) is 0.374. The van der Waals surface area contributed by atoms with Crippen LogP contribution in [0.15, 0.2) is 53.5 Å². The highest BCUT2D eigenvalue weighted by Crippen LogP contribution is 2.28. The van der Waals surface area contributed by atoms with Crippen LogP contribution in [0, 0.1) is 6.92 Å². The van der Waals surface area contributed by atoms with Gasteiger partial charge in [-0.15, -0.1) is 0 Å². The summed E-state index contributed by atoms with van der Waals surface area (Å²) in [6, 6.07) is 13.1. The van der Waals surface area contributed by atoms with Crippen LogP contribution in [-0.4, -0.2) is 46.1 Å². The molecule has 0 spiro atoms. The van der Waals surface area contributed by atoms with Gasteiger partial charge in [-0.05, 0) is 37.3 Å². The molecule has 0 aliphatic carbocycles. The van der Waals surface area contributed by atoms with Crippen LogP contribution in [-0.2, 0) is 4.74 Å². The Morgan fingerprint density at radius 3 is 2.55 bits per heavy atom. The minimum Gasteiger partial charge on any atom is -0.378 e. The molecule has 0 radical (unpaired) electrons. The number of morpholine rings is 1. The van der Waals surface area contributed by atoms with Crippen molar-refractivity contribution >= 4 is 51.4 Å². The average Bonchev–Trinajstić information content (AvgIpc) is 2.83. The minimum absolute atomic E-state index is 0.325. The summed E-state index contributed by atoms with van der Waals surface area (Å²) in [6.07, 6.45) is 1.49. The molecule has 8 nitrogen and oxygen atoms in total. The number of hydrogen-bond donors (Lipinski definition) is 1. The van der Waals surface area contributed by atoms with Gasteiger partial charge in [-0.2, -0.15) is 9.78 Å². The van der Waals surface area contributed by atoms with Crippen LogP contribution in [0.2, 0.25) is 10.0 Å². The fourth-order valence-corrected chi connectivity index (χ4v) is 4.36. The number of benzene rings is 2. The van der Waals surface area contributed by atoms with Crippen LogP contribution >= 0.6 is 23.2 Å². The Labute approximate surface area is 199 Å². The topological polar surface area (TPSA) is 85.2 Å². The van der Waals surface area contributed by atoms with E-state index in [1.165, 1.54) is 10.9 Å². The van der Waals surface area contributed by atoms with E-state index in [1.54, 1.807) is 25.1 Å². The van der Waals surface area contributed by atoms with E-state index >= 15 is 0 Å². The standard InChI is InChI=1S/C23H20Cl2N6O2/c1-14-20-17(22(32)31(29-14)21-18(24)6-3-7-19(21)25)13-26-23(28-20)27-15-4-2-5-16(12-15)30-8-10-33-11-9-30/h2-7,12-13H,8-11H2,1H3,(H,26,27,28). The molecule has 4 aromatic rings. The third kappa shape index (κ3) is 4.25. The second-order valence-electron chi connectivity index (χ2n) is 7.60. The Morgan fingerprint density at radius 2 is 1.79 bits per heavy atom. The molecular formula is C23H20Cl2N6O2. The summed E-state index contributed by atoms with van der Waals surface area (Å²) in [4.78, 5) is 24.3. The number of aromatic nitrogens is 4. The van der Waals surface area contributed by atoms with Crippen molar-refractivity contribution in [3.8, 4) is 5.69 Å². The Kier molecular flexibility index (Phi) is 5.88. The zero-order chi connectivity index (χ0) is 22.9. The first-order valence-corrected chi connectivity index (χ1v) is 11.2. The molecular weight excluding hydrogens is 463 g/mol. The zero-order valence-corrected chi connectivity index (χ0v) is 19.3. The fraction of sp³-hybridized carbons (Fsp3) is 0.217. The summed E-state index contributed by atoms with van der Waals surface area (Å²) >= 11 is 12.6. The Morgan fingerprint density at radius 1 is 1.06 bits per heavy atom. The molecule has 3 heterocycles. The molecule has 0 atom stereocenters. The van der Waals surface area contributed by atoms with Crippen LogP contribution in [0.25, 0.3) is 16.6 Å². The SMILES string of the molecule is Cc1nn(-c2c(Cl)cccc2Cl)c(=O)c2cnc(Nc3cccc(N4CCOCC4)c3)nc12. The van der Waals surface area contributed by atoms with Crippen LogP contribution in [0.4, 0.5) is 17.3 Å². The van der Waals surface area contributed by atoms with Gasteiger partial charge in [0.2, 0.25) is 5.95 Å². The van der Waals surface area contributed by atoms with Crippen molar-refractivity contribution in [1.29, 1.82) is 0 Å². The van der Waals surface area contributed by atoms with E-state index in [0.717, 1.165) is 24.5 Å². The molecule has 1 aliphatic rings. The lowest BCUT2D eigenvalue weighted by atomic mass is 10.2. The largest absolute Gasteiger partial charge is 0.378 e. The second-order valence-corrected chi connectivity index (χ2v) is 8.42. The van der Waals surface area contributed by atoms with Gasteiger partial charge in [0.25, 0.3) is 5.56 Å². The van der Waals surface area contributed by atoms with Crippen LogP contribution in [0.1, 0.15) is 5.69 Å². The van der Waals surface area contributed by atoms with Gasteiger partial charge in [-0.25, -0.2) is 9.97 Å². The molecule has 0 bridgehead atoms. The van der Waals surface area contributed by atoms with Crippen LogP contribution < -0.4 is 15.8 Å². The van der Waals surface area contributed by atoms with Gasteiger partial charge in [0.15, 0.2) is 0 Å². The smallest absolute Gasteiger partial charge is 0.282 e. The zero-order valence-electron chi connectivity index (χ0n) is 17.8. The number of nitrogens with zero attached hydrogens (tertiary/aromatic N) is 5. The Bertz CT molecular complexity index is 1380. The number of hydrogen-bond acceptors (Lipinski definition) is 7. The minimum atomic E-state index is -0.397. The summed E-state index contributed by atoms with van der Waals surface area (Å²) in [6.45, 7) is 4.91. The lowest BCUT2D eigenvalue weighted by molar-refractivity contribution is 0.122. The molecule has 1 saturated heterocycles. The van der Waals surface area contributed by atoms with E-state index < -0.39 is 5.56 Å². The maximum absolute atomic E-state index is 13.1. The van der Waals surface area contributed by atoms with Crippen molar-refractivity contribution in [3.05, 3.63) is 74.8 Å². The number of halogens is 2. The van der Waals surface area contributed by atoms with Gasteiger partial charge < -0.3 is 15.0 Å². The van der Waals surface area contributed by atoms with Crippen LogP contribution in [0.3, 0.4) is 0 Å². The monoisotopic (exact) mass is 482 g/mol. The highest BCUT2D eigenvalue weighted by molar-refractivity contribution is 6.37. The molecule has 2 aromatic carbocycles.